The van der Waals surface area contributed by atoms with E-state index >= 15 is 0 Å². The molecule has 1 aliphatic rings. The Labute approximate surface area is 71.3 Å². The van der Waals surface area contributed by atoms with Crippen molar-refractivity contribution in [1.82, 2.24) is 0 Å². The summed E-state index contributed by atoms with van der Waals surface area (Å²) in [6.07, 6.45) is 6.81. The minimum atomic E-state index is -0.240. The van der Waals surface area contributed by atoms with E-state index in [2.05, 4.69) is 0 Å². The van der Waals surface area contributed by atoms with Crippen LogP contribution in [0.2, 0.25) is 0 Å². The molecule has 0 unspecified atom stereocenters. The minimum Gasteiger partial charge on any atom is -0.458 e. The molecule has 0 radical (unpaired) electrons. The van der Waals surface area contributed by atoms with Gasteiger partial charge in [0.2, 0.25) is 0 Å². The van der Waals surface area contributed by atoms with Gasteiger partial charge in [-0.15, -0.1) is 0 Å². The first-order chi connectivity index (χ1) is 5.83. The van der Waals surface area contributed by atoms with Gasteiger partial charge in [0.1, 0.15) is 6.61 Å². The summed E-state index contributed by atoms with van der Waals surface area (Å²) in [5.41, 5.74) is 1.03. The highest BCUT2D eigenvalue weighted by Gasteiger charge is 2.10. The van der Waals surface area contributed by atoms with Crippen molar-refractivity contribution in [2.75, 3.05) is 13.2 Å². The molecule has 1 heterocycles. The standard InChI is InChI=1S/C9H12O3/c10-5-3-1-2-4-8-6-9(11)12-7-8/h1,3,6,10H,2,4-5,7H2/b3-1+. The van der Waals surface area contributed by atoms with E-state index in [1.165, 1.54) is 6.08 Å². The Kier molecular flexibility index (Phi) is 3.54. The third-order valence-corrected chi connectivity index (χ3v) is 1.63. The van der Waals surface area contributed by atoms with Crippen LogP contribution in [0.4, 0.5) is 0 Å². The quantitative estimate of drug-likeness (QED) is 0.499. The van der Waals surface area contributed by atoms with Gasteiger partial charge in [0.05, 0.1) is 6.61 Å². The zero-order chi connectivity index (χ0) is 8.81. The van der Waals surface area contributed by atoms with Gasteiger partial charge in [-0.05, 0) is 18.4 Å². The predicted molar refractivity (Wildman–Crippen MR) is 44.5 cm³/mol. The van der Waals surface area contributed by atoms with Crippen LogP contribution in [-0.2, 0) is 9.53 Å². The Morgan fingerprint density at radius 1 is 1.58 bits per heavy atom. The van der Waals surface area contributed by atoms with Crippen LogP contribution in [0.15, 0.2) is 23.8 Å². The second-order valence-corrected chi connectivity index (χ2v) is 2.60. The topological polar surface area (TPSA) is 46.5 Å². The summed E-state index contributed by atoms with van der Waals surface area (Å²) in [6.45, 7) is 0.514. The number of ether oxygens (including phenoxy) is 1. The van der Waals surface area contributed by atoms with E-state index in [9.17, 15) is 4.79 Å². The highest BCUT2D eigenvalue weighted by molar-refractivity contribution is 5.85. The van der Waals surface area contributed by atoms with Crippen molar-refractivity contribution in [3.8, 4) is 0 Å². The van der Waals surface area contributed by atoms with Gasteiger partial charge in [-0.25, -0.2) is 4.79 Å². The van der Waals surface area contributed by atoms with Crippen molar-refractivity contribution in [3.05, 3.63) is 23.8 Å². The fourth-order valence-electron chi connectivity index (χ4n) is 1.02. The first-order valence-electron chi connectivity index (χ1n) is 3.95. The minimum absolute atomic E-state index is 0.0779. The molecule has 0 amide bonds. The van der Waals surface area contributed by atoms with Crippen molar-refractivity contribution < 1.29 is 14.6 Å². The molecule has 0 aliphatic carbocycles. The number of hydrogen-bond donors (Lipinski definition) is 1. The molecule has 1 aliphatic heterocycles. The number of cyclic esters (lactones) is 1. The summed E-state index contributed by atoms with van der Waals surface area (Å²) in [6, 6.07) is 0. The van der Waals surface area contributed by atoms with Gasteiger partial charge in [0.25, 0.3) is 0 Å². The van der Waals surface area contributed by atoms with Crippen LogP contribution in [0.25, 0.3) is 0 Å². The molecule has 66 valence electrons. The summed E-state index contributed by atoms with van der Waals surface area (Å²) in [7, 11) is 0. The Bertz CT molecular complexity index is 216. The lowest BCUT2D eigenvalue weighted by molar-refractivity contribution is -0.134. The van der Waals surface area contributed by atoms with Crippen LogP contribution in [0.5, 0.6) is 0 Å². The average Bonchev–Trinajstić information content (AvgIpc) is 2.45. The van der Waals surface area contributed by atoms with Gasteiger partial charge in [-0.1, -0.05) is 12.2 Å². The smallest absolute Gasteiger partial charge is 0.331 e. The van der Waals surface area contributed by atoms with Crippen LogP contribution in [0.3, 0.4) is 0 Å². The van der Waals surface area contributed by atoms with Crippen LogP contribution in [-0.4, -0.2) is 24.3 Å². The zero-order valence-electron chi connectivity index (χ0n) is 6.82. The van der Waals surface area contributed by atoms with E-state index in [0.29, 0.717) is 6.61 Å². The lowest BCUT2D eigenvalue weighted by Crippen LogP contribution is -1.91. The number of hydrogen-bond acceptors (Lipinski definition) is 3. The van der Waals surface area contributed by atoms with Crippen molar-refractivity contribution in [3.63, 3.8) is 0 Å². The highest BCUT2D eigenvalue weighted by Crippen LogP contribution is 2.12. The number of rotatable bonds is 4. The molecule has 3 nitrogen and oxygen atoms in total. The normalized spacial score (nSPS) is 16.8. The maximum atomic E-state index is 10.6. The summed E-state index contributed by atoms with van der Waals surface area (Å²) < 4.78 is 4.72. The molecule has 0 bridgehead atoms. The fourth-order valence-corrected chi connectivity index (χ4v) is 1.02. The first-order valence-corrected chi connectivity index (χ1v) is 3.95. The van der Waals surface area contributed by atoms with E-state index in [1.807, 2.05) is 6.08 Å². The Hall–Kier alpha value is -1.09. The number of aliphatic hydroxyl groups excluding tert-OH is 1. The number of esters is 1. The lowest BCUT2D eigenvalue weighted by atomic mass is 10.1. The summed E-state index contributed by atoms with van der Waals surface area (Å²) in [5, 5.41) is 8.42. The van der Waals surface area contributed by atoms with Gasteiger partial charge in [0.15, 0.2) is 0 Å². The molecule has 3 heteroatoms. The van der Waals surface area contributed by atoms with E-state index < -0.39 is 0 Å². The summed E-state index contributed by atoms with van der Waals surface area (Å²) >= 11 is 0. The molecule has 0 spiro atoms. The third kappa shape index (κ3) is 2.88. The highest BCUT2D eigenvalue weighted by atomic mass is 16.5. The maximum Gasteiger partial charge on any atom is 0.331 e. The molecule has 0 saturated heterocycles. The van der Waals surface area contributed by atoms with Gasteiger partial charge in [-0.3, -0.25) is 0 Å². The van der Waals surface area contributed by atoms with E-state index in [4.69, 9.17) is 9.84 Å². The summed E-state index contributed by atoms with van der Waals surface area (Å²) in [5.74, 6) is -0.240. The molecule has 0 aromatic rings. The van der Waals surface area contributed by atoms with Crippen molar-refractivity contribution >= 4 is 5.97 Å². The molecule has 12 heavy (non-hydrogen) atoms. The van der Waals surface area contributed by atoms with Gasteiger partial charge in [-0.2, -0.15) is 0 Å². The van der Waals surface area contributed by atoms with Crippen molar-refractivity contribution in [1.29, 1.82) is 0 Å². The predicted octanol–water partition coefficient (Wildman–Crippen LogP) is 0.798. The van der Waals surface area contributed by atoms with Crippen molar-refractivity contribution in [2.45, 2.75) is 12.8 Å². The van der Waals surface area contributed by atoms with Gasteiger partial charge >= 0.3 is 5.97 Å². The Morgan fingerprint density at radius 2 is 2.42 bits per heavy atom. The first kappa shape index (κ1) is 9.00. The SMILES string of the molecule is O=C1C=C(CC/C=C/CO)CO1. The molecular weight excluding hydrogens is 156 g/mol. The summed E-state index contributed by atoms with van der Waals surface area (Å²) in [4.78, 5) is 10.6. The third-order valence-electron chi connectivity index (χ3n) is 1.63. The van der Waals surface area contributed by atoms with Crippen molar-refractivity contribution in [2.24, 2.45) is 0 Å². The maximum absolute atomic E-state index is 10.6. The Balaban J connectivity index is 2.20. The number of allylic oxidation sites excluding steroid dienone is 1. The molecule has 0 saturated carbocycles. The number of carbonyl (C=O) groups excluding carboxylic acids is 1. The van der Waals surface area contributed by atoms with Crippen LogP contribution in [0.1, 0.15) is 12.8 Å². The van der Waals surface area contributed by atoms with Crippen LogP contribution < -0.4 is 0 Å². The van der Waals surface area contributed by atoms with Crippen LogP contribution >= 0.6 is 0 Å². The number of carbonyl (C=O) groups is 1. The second kappa shape index (κ2) is 4.72. The molecule has 1 rings (SSSR count). The Morgan fingerprint density at radius 3 is 3.00 bits per heavy atom. The van der Waals surface area contributed by atoms with E-state index in [0.717, 1.165) is 18.4 Å². The molecule has 0 fully saturated rings. The monoisotopic (exact) mass is 168 g/mol. The van der Waals surface area contributed by atoms with E-state index in [-0.39, 0.29) is 12.6 Å². The van der Waals surface area contributed by atoms with Crippen LogP contribution in [0, 0.1) is 0 Å². The molecule has 1 N–H and O–H groups in total. The number of aliphatic hydroxyl groups is 1. The lowest BCUT2D eigenvalue weighted by Gasteiger charge is -1.94. The van der Waals surface area contributed by atoms with E-state index in [1.54, 1.807) is 6.08 Å². The van der Waals surface area contributed by atoms with Gasteiger partial charge in [0, 0.05) is 6.08 Å². The zero-order valence-corrected chi connectivity index (χ0v) is 6.82. The molecule has 0 aromatic carbocycles. The average molecular weight is 168 g/mol. The molecule has 0 aromatic heterocycles. The second-order valence-electron chi connectivity index (χ2n) is 2.60. The molecular formula is C9H12O3. The molecule has 0 atom stereocenters. The largest absolute Gasteiger partial charge is 0.458 e. The fraction of sp³-hybridized carbons (Fsp3) is 0.444. The van der Waals surface area contributed by atoms with Gasteiger partial charge < -0.3 is 9.84 Å².